The predicted octanol–water partition coefficient (Wildman–Crippen LogP) is 1.53. The molecular weight excluding hydrogens is 92.1 g/mol. The van der Waals surface area contributed by atoms with Gasteiger partial charge in [-0.2, -0.15) is 0 Å². The molecular formula is C5H7S. The number of rotatable bonds is 1. The van der Waals surface area contributed by atoms with Crippen LogP contribution in [0.5, 0.6) is 0 Å². The molecule has 0 N–H and O–H groups in total. The van der Waals surface area contributed by atoms with E-state index in [0.29, 0.717) is 0 Å². The molecule has 0 atom stereocenters. The Kier molecular flexibility index (Phi) is 4.84. The van der Waals surface area contributed by atoms with Crippen LogP contribution < -0.4 is 0 Å². The summed E-state index contributed by atoms with van der Waals surface area (Å²) in [4.78, 5) is 0. The van der Waals surface area contributed by atoms with Crippen molar-refractivity contribution < 1.29 is 0 Å². The van der Waals surface area contributed by atoms with Crippen LogP contribution in [0.2, 0.25) is 0 Å². The standard InChI is InChI=1S/C5H7S/c1-3-4-5-6-2/h2,5H2,1H3. The van der Waals surface area contributed by atoms with Gasteiger partial charge in [0.05, 0.1) is 5.75 Å². The minimum atomic E-state index is 0.858. The molecule has 0 saturated heterocycles. The van der Waals surface area contributed by atoms with Gasteiger partial charge in [0.25, 0.3) is 0 Å². The van der Waals surface area contributed by atoms with Gasteiger partial charge in [-0.1, -0.05) is 5.92 Å². The van der Waals surface area contributed by atoms with Gasteiger partial charge in [-0.15, -0.1) is 17.7 Å². The molecule has 0 rings (SSSR count). The molecule has 0 heterocycles. The number of hydrogen-bond donors (Lipinski definition) is 0. The molecule has 0 spiro atoms. The van der Waals surface area contributed by atoms with Crippen LogP contribution in [0.4, 0.5) is 0 Å². The smallest absolute Gasteiger partial charge is 0.0547 e. The summed E-state index contributed by atoms with van der Waals surface area (Å²) in [5.74, 6) is 6.46. The maximum absolute atomic E-state index is 3.54. The molecule has 0 aliphatic heterocycles. The Labute approximate surface area is 43.3 Å². The van der Waals surface area contributed by atoms with Gasteiger partial charge >= 0.3 is 0 Å². The minimum absolute atomic E-state index is 0.858. The average Bonchev–Trinajstić information content (AvgIpc) is 1.61. The molecule has 0 aromatic rings. The molecule has 0 aliphatic rings. The molecule has 0 amide bonds. The molecule has 33 valence electrons. The van der Waals surface area contributed by atoms with Crippen molar-refractivity contribution in [3.8, 4) is 11.8 Å². The zero-order valence-corrected chi connectivity index (χ0v) is 4.64. The fourth-order valence-corrected chi connectivity index (χ4v) is 0.370. The Morgan fingerprint density at radius 3 is 2.67 bits per heavy atom. The maximum Gasteiger partial charge on any atom is 0.0547 e. The summed E-state index contributed by atoms with van der Waals surface area (Å²) < 4.78 is 0. The van der Waals surface area contributed by atoms with Crippen LogP contribution in [0.15, 0.2) is 0 Å². The first kappa shape index (κ1) is 5.91. The average molecular weight is 99.2 g/mol. The van der Waals surface area contributed by atoms with Gasteiger partial charge in [-0.05, 0) is 6.92 Å². The van der Waals surface area contributed by atoms with Gasteiger partial charge in [-0.3, -0.25) is 0 Å². The largest absolute Gasteiger partial charge is 0.148 e. The van der Waals surface area contributed by atoms with Crippen molar-refractivity contribution in [2.45, 2.75) is 6.92 Å². The van der Waals surface area contributed by atoms with Crippen molar-refractivity contribution in [1.29, 1.82) is 0 Å². The summed E-state index contributed by atoms with van der Waals surface area (Å²) >= 11 is 1.50. The lowest BCUT2D eigenvalue weighted by molar-refractivity contribution is 1.84. The van der Waals surface area contributed by atoms with E-state index in [1.165, 1.54) is 11.8 Å². The molecule has 0 unspecified atom stereocenters. The fraction of sp³-hybridized carbons (Fsp3) is 0.400. The van der Waals surface area contributed by atoms with Gasteiger partial charge in [0, 0.05) is 6.26 Å². The van der Waals surface area contributed by atoms with E-state index >= 15 is 0 Å². The van der Waals surface area contributed by atoms with E-state index in [4.69, 9.17) is 0 Å². The van der Waals surface area contributed by atoms with Gasteiger partial charge in [0.15, 0.2) is 0 Å². The Bertz CT molecular complexity index is 65.7. The zero-order chi connectivity index (χ0) is 4.83. The Morgan fingerprint density at radius 2 is 2.50 bits per heavy atom. The van der Waals surface area contributed by atoms with Gasteiger partial charge < -0.3 is 0 Å². The third-order valence-electron chi connectivity index (χ3n) is 0.351. The van der Waals surface area contributed by atoms with Crippen molar-refractivity contribution in [2.24, 2.45) is 0 Å². The Balaban J connectivity index is 2.79. The van der Waals surface area contributed by atoms with E-state index in [2.05, 4.69) is 18.1 Å². The van der Waals surface area contributed by atoms with E-state index in [1.807, 2.05) is 6.92 Å². The van der Waals surface area contributed by atoms with Gasteiger partial charge in [0.2, 0.25) is 0 Å². The Hall–Kier alpha value is -0.0900. The highest BCUT2D eigenvalue weighted by atomic mass is 32.2. The van der Waals surface area contributed by atoms with Crippen molar-refractivity contribution in [2.75, 3.05) is 5.75 Å². The van der Waals surface area contributed by atoms with Crippen molar-refractivity contribution in [3.63, 3.8) is 0 Å². The summed E-state index contributed by atoms with van der Waals surface area (Å²) in [7, 11) is 0. The van der Waals surface area contributed by atoms with Crippen LogP contribution in [0, 0.1) is 18.1 Å². The second-order valence-corrected chi connectivity index (χ2v) is 1.47. The van der Waals surface area contributed by atoms with Crippen LogP contribution in [-0.4, -0.2) is 5.75 Å². The first-order chi connectivity index (χ1) is 2.91. The van der Waals surface area contributed by atoms with E-state index in [-0.39, 0.29) is 0 Å². The zero-order valence-electron chi connectivity index (χ0n) is 3.82. The second-order valence-electron chi connectivity index (χ2n) is 0.775. The van der Waals surface area contributed by atoms with Gasteiger partial charge in [0.1, 0.15) is 0 Å². The van der Waals surface area contributed by atoms with Crippen molar-refractivity contribution >= 4 is 11.8 Å². The highest BCUT2D eigenvalue weighted by Gasteiger charge is 1.63. The quantitative estimate of drug-likeness (QED) is 0.449. The minimum Gasteiger partial charge on any atom is -0.148 e. The maximum atomic E-state index is 3.54. The molecule has 6 heavy (non-hydrogen) atoms. The molecule has 0 nitrogen and oxygen atoms in total. The molecule has 1 radical (unpaired) electrons. The van der Waals surface area contributed by atoms with Crippen LogP contribution in [-0.2, 0) is 0 Å². The molecule has 1 heteroatoms. The van der Waals surface area contributed by atoms with E-state index < -0.39 is 0 Å². The van der Waals surface area contributed by atoms with Crippen LogP contribution >= 0.6 is 11.8 Å². The SMILES string of the molecule is [CH2]SCC#CC. The normalized spacial score (nSPS) is 6.33. The van der Waals surface area contributed by atoms with Crippen LogP contribution in [0.1, 0.15) is 6.92 Å². The highest BCUT2D eigenvalue weighted by molar-refractivity contribution is 8.00. The molecule has 0 aromatic carbocycles. The lowest BCUT2D eigenvalue weighted by Crippen LogP contribution is -1.60. The monoisotopic (exact) mass is 99.0 g/mol. The van der Waals surface area contributed by atoms with Crippen molar-refractivity contribution in [3.05, 3.63) is 6.26 Å². The Morgan fingerprint density at radius 1 is 1.83 bits per heavy atom. The highest BCUT2D eigenvalue weighted by Crippen LogP contribution is 1.88. The third-order valence-corrected chi connectivity index (χ3v) is 0.699. The first-order valence-corrected chi connectivity index (χ1v) is 2.84. The molecule has 0 aromatic heterocycles. The lowest BCUT2D eigenvalue weighted by atomic mass is 10.7. The molecule has 0 bridgehead atoms. The summed E-state index contributed by atoms with van der Waals surface area (Å²) in [6.45, 7) is 1.83. The predicted molar refractivity (Wildman–Crippen MR) is 31.3 cm³/mol. The lowest BCUT2D eigenvalue weighted by Gasteiger charge is -1.72. The van der Waals surface area contributed by atoms with E-state index in [0.717, 1.165) is 5.75 Å². The summed E-state index contributed by atoms with van der Waals surface area (Å²) in [5.41, 5.74) is 0. The van der Waals surface area contributed by atoms with Crippen LogP contribution in [0.25, 0.3) is 0 Å². The van der Waals surface area contributed by atoms with Crippen LogP contribution in [0.3, 0.4) is 0 Å². The summed E-state index contributed by atoms with van der Waals surface area (Å²) in [5, 5.41) is 0. The van der Waals surface area contributed by atoms with E-state index in [9.17, 15) is 0 Å². The third kappa shape index (κ3) is 3.91. The number of hydrogen-bond acceptors (Lipinski definition) is 1. The first-order valence-electron chi connectivity index (χ1n) is 1.68. The molecule has 0 fully saturated rings. The summed E-state index contributed by atoms with van der Waals surface area (Å²) in [6, 6.07) is 0. The molecule has 0 aliphatic carbocycles. The number of thioether (sulfide) groups is 1. The second kappa shape index (κ2) is 4.91. The van der Waals surface area contributed by atoms with Gasteiger partial charge in [-0.25, -0.2) is 0 Å². The van der Waals surface area contributed by atoms with Crippen molar-refractivity contribution in [1.82, 2.24) is 0 Å². The topological polar surface area (TPSA) is 0 Å². The van der Waals surface area contributed by atoms with E-state index in [1.54, 1.807) is 0 Å². The summed E-state index contributed by atoms with van der Waals surface area (Å²) in [6.07, 6.45) is 3.54. The molecule has 0 saturated carbocycles. The fourth-order valence-electron chi connectivity index (χ4n) is 0.123.